The molecule has 1 saturated heterocycles. The van der Waals surface area contributed by atoms with Crippen molar-refractivity contribution in [2.45, 2.75) is 51.5 Å². The number of aromatic nitrogens is 3. The van der Waals surface area contributed by atoms with Crippen LogP contribution in [0.25, 0.3) is 0 Å². The van der Waals surface area contributed by atoms with Gasteiger partial charge in [-0.3, -0.25) is 9.89 Å². The van der Waals surface area contributed by atoms with E-state index in [1.807, 2.05) is 18.7 Å². The van der Waals surface area contributed by atoms with Crippen molar-refractivity contribution in [3.63, 3.8) is 0 Å². The summed E-state index contributed by atoms with van der Waals surface area (Å²) in [6.07, 6.45) is 4.64. The van der Waals surface area contributed by atoms with Crippen LogP contribution in [0.1, 0.15) is 61.9 Å². The molecule has 2 aliphatic rings. The number of H-pyrrole nitrogens is 1. The molecule has 1 aromatic rings. The van der Waals surface area contributed by atoms with Gasteiger partial charge in [-0.25, -0.2) is 4.98 Å². The highest BCUT2D eigenvalue weighted by atomic mass is 16.2. The third kappa shape index (κ3) is 3.43. The molecule has 2 N–H and O–H groups in total. The average Bonchev–Trinajstić information content (AvgIpc) is 3.20. The van der Waals surface area contributed by atoms with Crippen LogP contribution in [0.15, 0.2) is 0 Å². The van der Waals surface area contributed by atoms with Crippen LogP contribution < -0.4 is 5.32 Å². The molecule has 1 aromatic heterocycles. The van der Waals surface area contributed by atoms with E-state index in [9.17, 15) is 4.79 Å². The third-order valence-corrected chi connectivity index (χ3v) is 4.34. The molecule has 1 aliphatic carbocycles. The fourth-order valence-electron chi connectivity index (χ4n) is 2.90. The molecule has 116 valence electrons. The van der Waals surface area contributed by atoms with Gasteiger partial charge in [0, 0.05) is 18.5 Å². The largest absolute Gasteiger partial charge is 0.333 e. The Morgan fingerprint density at radius 2 is 2.19 bits per heavy atom. The smallest absolute Gasteiger partial charge is 0.293 e. The lowest BCUT2D eigenvalue weighted by Crippen LogP contribution is -2.42. The number of hydrogen-bond donors (Lipinski definition) is 2. The van der Waals surface area contributed by atoms with Gasteiger partial charge in [0.15, 0.2) is 0 Å². The summed E-state index contributed by atoms with van der Waals surface area (Å²) in [6.45, 7) is 7.04. The predicted molar refractivity (Wildman–Crippen MR) is 80.1 cm³/mol. The topological polar surface area (TPSA) is 73.9 Å². The Morgan fingerprint density at radius 3 is 2.76 bits per heavy atom. The van der Waals surface area contributed by atoms with E-state index >= 15 is 0 Å². The van der Waals surface area contributed by atoms with Gasteiger partial charge in [0.1, 0.15) is 5.82 Å². The van der Waals surface area contributed by atoms with E-state index in [0.29, 0.717) is 17.8 Å². The van der Waals surface area contributed by atoms with Gasteiger partial charge in [-0.2, -0.15) is 0 Å². The van der Waals surface area contributed by atoms with Crippen molar-refractivity contribution in [2.24, 2.45) is 5.92 Å². The zero-order valence-corrected chi connectivity index (χ0v) is 12.9. The zero-order chi connectivity index (χ0) is 14.8. The normalized spacial score (nSPS) is 22.5. The molecule has 0 bridgehead atoms. The molecule has 0 radical (unpaired) electrons. The number of piperidine rings is 1. The van der Waals surface area contributed by atoms with Gasteiger partial charge in [-0.15, -0.1) is 5.10 Å². The first kappa shape index (κ1) is 14.5. The molecule has 21 heavy (non-hydrogen) atoms. The number of hydrogen-bond acceptors (Lipinski definition) is 4. The molecule has 0 spiro atoms. The van der Waals surface area contributed by atoms with Crippen LogP contribution in [0.4, 0.5) is 0 Å². The maximum absolute atomic E-state index is 12.7. The third-order valence-electron chi connectivity index (χ3n) is 4.34. The molecule has 6 heteroatoms. The van der Waals surface area contributed by atoms with Crippen LogP contribution in [0.3, 0.4) is 0 Å². The SMILES string of the molecule is CC(C)c1nc(C(=O)N(CC2CCCNC2)C2CC2)n[nH]1. The lowest BCUT2D eigenvalue weighted by molar-refractivity contribution is 0.0692. The van der Waals surface area contributed by atoms with E-state index in [0.717, 1.165) is 38.3 Å². The van der Waals surface area contributed by atoms with Crippen molar-refractivity contribution in [1.29, 1.82) is 0 Å². The Balaban J connectivity index is 1.68. The van der Waals surface area contributed by atoms with Crippen molar-refractivity contribution >= 4 is 5.91 Å². The highest BCUT2D eigenvalue weighted by Crippen LogP contribution is 2.29. The van der Waals surface area contributed by atoms with Crippen molar-refractivity contribution < 1.29 is 4.79 Å². The minimum atomic E-state index is -0.00813. The number of carbonyl (C=O) groups is 1. The van der Waals surface area contributed by atoms with Gasteiger partial charge < -0.3 is 10.2 Å². The van der Waals surface area contributed by atoms with Gasteiger partial charge in [-0.1, -0.05) is 13.8 Å². The molecule has 3 rings (SSSR count). The molecule has 2 fully saturated rings. The summed E-state index contributed by atoms with van der Waals surface area (Å²) in [7, 11) is 0. The Bertz CT molecular complexity index is 488. The van der Waals surface area contributed by atoms with Crippen molar-refractivity contribution in [3.05, 3.63) is 11.6 Å². The quantitative estimate of drug-likeness (QED) is 0.863. The van der Waals surface area contributed by atoms with Gasteiger partial charge >= 0.3 is 0 Å². The molecule has 1 amide bonds. The first-order valence-corrected chi connectivity index (χ1v) is 8.09. The minimum absolute atomic E-state index is 0.00813. The minimum Gasteiger partial charge on any atom is -0.333 e. The lowest BCUT2D eigenvalue weighted by atomic mass is 9.99. The summed E-state index contributed by atoms with van der Waals surface area (Å²) in [5.41, 5.74) is 0. The van der Waals surface area contributed by atoms with Crippen molar-refractivity contribution in [2.75, 3.05) is 19.6 Å². The zero-order valence-electron chi connectivity index (χ0n) is 12.9. The van der Waals surface area contributed by atoms with Gasteiger partial charge in [0.2, 0.25) is 5.82 Å². The van der Waals surface area contributed by atoms with Crippen LogP contribution in [0.5, 0.6) is 0 Å². The lowest BCUT2D eigenvalue weighted by Gasteiger charge is -2.29. The first-order valence-electron chi connectivity index (χ1n) is 8.09. The fraction of sp³-hybridized carbons (Fsp3) is 0.800. The summed E-state index contributed by atoms with van der Waals surface area (Å²) in [4.78, 5) is 19.1. The highest BCUT2D eigenvalue weighted by molar-refractivity contribution is 5.90. The summed E-state index contributed by atoms with van der Waals surface area (Å²) in [5, 5.41) is 10.4. The van der Waals surface area contributed by atoms with Crippen LogP contribution in [-0.2, 0) is 0 Å². The summed E-state index contributed by atoms with van der Waals surface area (Å²) in [6, 6.07) is 0.403. The monoisotopic (exact) mass is 291 g/mol. The Hall–Kier alpha value is -1.43. The maximum Gasteiger partial charge on any atom is 0.293 e. The van der Waals surface area contributed by atoms with Gasteiger partial charge in [0.05, 0.1) is 0 Å². The van der Waals surface area contributed by atoms with Crippen LogP contribution >= 0.6 is 0 Å². The fourth-order valence-corrected chi connectivity index (χ4v) is 2.90. The number of rotatable bonds is 5. The van der Waals surface area contributed by atoms with Crippen molar-refractivity contribution in [1.82, 2.24) is 25.4 Å². The summed E-state index contributed by atoms with van der Waals surface area (Å²) < 4.78 is 0. The van der Waals surface area contributed by atoms with Crippen LogP contribution in [-0.4, -0.2) is 51.7 Å². The standard InChI is InChI=1S/C15H25N5O/c1-10(2)13-17-14(19-18-13)15(21)20(12-5-6-12)9-11-4-3-7-16-8-11/h10-12,16H,3-9H2,1-2H3,(H,17,18,19). The van der Waals surface area contributed by atoms with Crippen LogP contribution in [0, 0.1) is 5.92 Å². The Labute approximate surface area is 125 Å². The van der Waals surface area contributed by atoms with Gasteiger partial charge in [0.25, 0.3) is 5.91 Å². The van der Waals surface area contributed by atoms with E-state index < -0.39 is 0 Å². The molecular weight excluding hydrogens is 266 g/mol. The number of carbonyl (C=O) groups excluding carboxylic acids is 1. The van der Waals surface area contributed by atoms with Crippen molar-refractivity contribution in [3.8, 4) is 0 Å². The molecule has 6 nitrogen and oxygen atoms in total. The predicted octanol–water partition coefficient (Wildman–Crippen LogP) is 1.53. The van der Waals surface area contributed by atoms with E-state index in [4.69, 9.17) is 0 Å². The average molecular weight is 291 g/mol. The van der Waals surface area contributed by atoms with E-state index in [-0.39, 0.29) is 11.8 Å². The molecule has 2 heterocycles. The van der Waals surface area contributed by atoms with E-state index in [1.54, 1.807) is 0 Å². The highest BCUT2D eigenvalue weighted by Gasteiger charge is 2.36. The second kappa shape index (κ2) is 6.13. The van der Waals surface area contributed by atoms with Crippen LogP contribution in [0.2, 0.25) is 0 Å². The number of nitrogens with zero attached hydrogens (tertiary/aromatic N) is 3. The maximum atomic E-state index is 12.7. The number of aromatic amines is 1. The first-order chi connectivity index (χ1) is 10.1. The van der Waals surface area contributed by atoms with Gasteiger partial charge in [-0.05, 0) is 44.7 Å². The summed E-state index contributed by atoms with van der Waals surface area (Å²) in [5.74, 6) is 1.93. The number of nitrogens with one attached hydrogen (secondary N) is 2. The molecule has 1 saturated carbocycles. The number of amides is 1. The Morgan fingerprint density at radius 1 is 1.38 bits per heavy atom. The molecule has 1 unspecified atom stereocenters. The van der Waals surface area contributed by atoms with E-state index in [2.05, 4.69) is 20.5 Å². The second-order valence-corrected chi connectivity index (χ2v) is 6.60. The van der Waals surface area contributed by atoms with E-state index in [1.165, 1.54) is 12.8 Å². The molecule has 0 aromatic carbocycles. The second-order valence-electron chi connectivity index (χ2n) is 6.60. The Kier molecular flexibility index (Phi) is 4.24. The molecule has 1 aliphatic heterocycles. The molecule has 1 atom stereocenters. The molecular formula is C15H25N5O. The summed E-state index contributed by atoms with van der Waals surface area (Å²) >= 11 is 0.